The van der Waals surface area contributed by atoms with E-state index in [1.807, 2.05) is 0 Å². The van der Waals surface area contributed by atoms with Crippen molar-refractivity contribution in [2.75, 3.05) is 0 Å². The lowest BCUT2D eigenvalue weighted by atomic mass is 10.1. The second kappa shape index (κ2) is 3.85. The van der Waals surface area contributed by atoms with Crippen molar-refractivity contribution in [3.63, 3.8) is 0 Å². The number of hydrogen-bond acceptors (Lipinski definition) is 3. The number of rotatable bonds is 3. The predicted octanol–water partition coefficient (Wildman–Crippen LogP) is 2.42. The third kappa shape index (κ3) is 2.61. The summed E-state index contributed by atoms with van der Waals surface area (Å²) in [6.45, 7) is 4.31. The van der Waals surface area contributed by atoms with Crippen LogP contribution in [0.1, 0.15) is 26.2 Å². The van der Waals surface area contributed by atoms with Crippen LogP contribution in [0.2, 0.25) is 0 Å². The van der Waals surface area contributed by atoms with Gasteiger partial charge in [-0.25, -0.2) is 0 Å². The summed E-state index contributed by atoms with van der Waals surface area (Å²) in [5.74, 6) is 1.33. The van der Waals surface area contributed by atoms with E-state index in [0.717, 1.165) is 12.8 Å². The number of halogens is 1. The molecular formula is C7H11BrN2O. The molecule has 3 nitrogen and oxygen atoms in total. The highest BCUT2D eigenvalue weighted by Crippen LogP contribution is 2.11. The van der Waals surface area contributed by atoms with E-state index in [4.69, 9.17) is 4.52 Å². The van der Waals surface area contributed by atoms with Crippen LogP contribution in [0.3, 0.4) is 0 Å². The van der Waals surface area contributed by atoms with Gasteiger partial charge < -0.3 is 4.52 Å². The molecule has 0 bridgehead atoms. The zero-order valence-corrected chi connectivity index (χ0v) is 8.26. The molecule has 0 aromatic carbocycles. The van der Waals surface area contributed by atoms with Crippen LogP contribution < -0.4 is 0 Å². The number of nitrogens with zero attached hydrogens (tertiary/aromatic N) is 2. The van der Waals surface area contributed by atoms with Crippen LogP contribution in [0.5, 0.6) is 0 Å². The van der Waals surface area contributed by atoms with Gasteiger partial charge in [0.1, 0.15) is 0 Å². The molecule has 11 heavy (non-hydrogen) atoms. The molecule has 0 aliphatic rings. The van der Waals surface area contributed by atoms with Gasteiger partial charge in [-0.3, -0.25) is 0 Å². The average molecular weight is 219 g/mol. The highest BCUT2D eigenvalue weighted by Gasteiger charge is 2.07. The van der Waals surface area contributed by atoms with Crippen molar-refractivity contribution >= 4 is 15.9 Å². The van der Waals surface area contributed by atoms with Gasteiger partial charge in [0.2, 0.25) is 10.6 Å². The third-order valence-corrected chi connectivity index (χ3v) is 1.99. The van der Waals surface area contributed by atoms with Gasteiger partial charge in [0, 0.05) is 6.42 Å². The molecule has 1 unspecified atom stereocenters. The average Bonchev–Trinajstić information content (AvgIpc) is 2.35. The molecule has 1 rings (SSSR count). The van der Waals surface area contributed by atoms with Crippen molar-refractivity contribution in [2.45, 2.75) is 26.7 Å². The topological polar surface area (TPSA) is 38.9 Å². The Kier molecular flexibility index (Phi) is 3.05. The Bertz CT molecular complexity index is 224. The van der Waals surface area contributed by atoms with Crippen molar-refractivity contribution in [3.05, 3.63) is 10.6 Å². The van der Waals surface area contributed by atoms with E-state index < -0.39 is 0 Å². The minimum absolute atomic E-state index is 0.538. The lowest BCUT2D eigenvalue weighted by Crippen LogP contribution is -1.97. The Morgan fingerprint density at radius 3 is 2.82 bits per heavy atom. The van der Waals surface area contributed by atoms with Crippen LogP contribution in [-0.4, -0.2) is 10.1 Å². The zero-order valence-electron chi connectivity index (χ0n) is 6.67. The largest absolute Gasteiger partial charge is 0.338 e. The summed E-state index contributed by atoms with van der Waals surface area (Å²) in [4.78, 5) is 4.04. The molecular weight excluding hydrogens is 208 g/mol. The standard InChI is InChI=1S/C7H11BrN2O/c1-3-5(2)4-6-9-7(8)10-11-6/h5H,3-4H2,1-2H3. The highest BCUT2D eigenvalue weighted by molar-refractivity contribution is 9.10. The van der Waals surface area contributed by atoms with E-state index in [0.29, 0.717) is 16.5 Å². The molecule has 62 valence electrons. The molecule has 0 amide bonds. The quantitative estimate of drug-likeness (QED) is 0.783. The van der Waals surface area contributed by atoms with Gasteiger partial charge in [-0.15, -0.1) is 0 Å². The summed E-state index contributed by atoms with van der Waals surface area (Å²) in [6.07, 6.45) is 2.01. The molecule has 0 saturated heterocycles. The fourth-order valence-corrected chi connectivity index (χ4v) is 1.03. The Morgan fingerprint density at radius 2 is 2.36 bits per heavy atom. The Balaban J connectivity index is 2.50. The van der Waals surface area contributed by atoms with E-state index in [1.54, 1.807) is 0 Å². The second-order valence-electron chi connectivity index (χ2n) is 2.67. The SMILES string of the molecule is CCC(C)Cc1nc(Br)no1. The van der Waals surface area contributed by atoms with Crippen LogP contribution in [-0.2, 0) is 6.42 Å². The molecule has 0 fully saturated rings. The van der Waals surface area contributed by atoms with Crippen LogP contribution in [0, 0.1) is 5.92 Å². The molecule has 0 N–H and O–H groups in total. The first-order chi connectivity index (χ1) is 5.22. The summed E-state index contributed by atoms with van der Waals surface area (Å²) in [6, 6.07) is 0. The lowest BCUT2D eigenvalue weighted by Gasteiger charge is -2.01. The van der Waals surface area contributed by atoms with Crippen molar-refractivity contribution in [1.82, 2.24) is 10.1 Å². The monoisotopic (exact) mass is 218 g/mol. The summed E-state index contributed by atoms with van der Waals surface area (Å²) in [5.41, 5.74) is 0. The van der Waals surface area contributed by atoms with E-state index in [9.17, 15) is 0 Å². The molecule has 1 aromatic heterocycles. The van der Waals surface area contributed by atoms with Crippen molar-refractivity contribution in [2.24, 2.45) is 5.92 Å². The van der Waals surface area contributed by atoms with Crippen LogP contribution in [0.4, 0.5) is 0 Å². The fraction of sp³-hybridized carbons (Fsp3) is 0.714. The zero-order chi connectivity index (χ0) is 8.27. The van der Waals surface area contributed by atoms with E-state index in [-0.39, 0.29) is 0 Å². The lowest BCUT2D eigenvalue weighted by molar-refractivity contribution is 0.353. The van der Waals surface area contributed by atoms with Crippen LogP contribution in [0.15, 0.2) is 9.26 Å². The van der Waals surface area contributed by atoms with Gasteiger partial charge in [0.15, 0.2) is 0 Å². The van der Waals surface area contributed by atoms with Crippen LogP contribution in [0.25, 0.3) is 0 Å². The maximum absolute atomic E-state index is 4.93. The minimum Gasteiger partial charge on any atom is -0.338 e. The molecule has 1 aromatic rings. The Labute approximate surface area is 74.3 Å². The third-order valence-electron chi connectivity index (χ3n) is 1.66. The first-order valence-electron chi connectivity index (χ1n) is 3.70. The van der Waals surface area contributed by atoms with Gasteiger partial charge in [0.25, 0.3) is 0 Å². The normalized spacial score (nSPS) is 13.4. The van der Waals surface area contributed by atoms with Crippen molar-refractivity contribution in [1.29, 1.82) is 0 Å². The van der Waals surface area contributed by atoms with Gasteiger partial charge in [-0.1, -0.05) is 20.3 Å². The first kappa shape index (κ1) is 8.71. The minimum atomic E-state index is 0.538. The molecule has 0 aliphatic heterocycles. The number of aromatic nitrogens is 2. The van der Waals surface area contributed by atoms with E-state index in [2.05, 4.69) is 39.9 Å². The predicted molar refractivity (Wildman–Crippen MR) is 45.2 cm³/mol. The summed E-state index contributed by atoms with van der Waals surface area (Å²) in [5, 5.41) is 3.63. The first-order valence-corrected chi connectivity index (χ1v) is 4.49. The Hall–Kier alpha value is -0.380. The Morgan fingerprint density at radius 1 is 1.64 bits per heavy atom. The molecule has 1 heterocycles. The summed E-state index contributed by atoms with van der Waals surface area (Å²) in [7, 11) is 0. The maximum atomic E-state index is 4.93. The molecule has 0 radical (unpaired) electrons. The van der Waals surface area contributed by atoms with E-state index in [1.165, 1.54) is 0 Å². The fourth-order valence-electron chi connectivity index (χ4n) is 0.759. The van der Waals surface area contributed by atoms with Crippen molar-refractivity contribution in [3.8, 4) is 0 Å². The van der Waals surface area contributed by atoms with Gasteiger partial charge in [-0.2, -0.15) is 4.98 Å². The highest BCUT2D eigenvalue weighted by atomic mass is 79.9. The summed E-state index contributed by atoms with van der Waals surface area (Å²) >= 11 is 3.13. The maximum Gasteiger partial charge on any atom is 0.238 e. The molecule has 4 heteroatoms. The number of hydrogen-bond donors (Lipinski definition) is 0. The van der Waals surface area contributed by atoms with Crippen LogP contribution >= 0.6 is 15.9 Å². The smallest absolute Gasteiger partial charge is 0.238 e. The summed E-state index contributed by atoms with van der Waals surface area (Å²) < 4.78 is 5.47. The molecule has 1 atom stereocenters. The van der Waals surface area contributed by atoms with E-state index >= 15 is 0 Å². The second-order valence-corrected chi connectivity index (χ2v) is 3.38. The van der Waals surface area contributed by atoms with Gasteiger partial charge in [0.05, 0.1) is 0 Å². The molecule has 0 saturated carbocycles. The van der Waals surface area contributed by atoms with Gasteiger partial charge >= 0.3 is 0 Å². The molecule has 0 aliphatic carbocycles. The van der Waals surface area contributed by atoms with Gasteiger partial charge in [-0.05, 0) is 27.0 Å². The molecule has 0 spiro atoms. The van der Waals surface area contributed by atoms with Crippen molar-refractivity contribution < 1.29 is 4.52 Å².